The van der Waals surface area contributed by atoms with Gasteiger partial charge in [0.05, 0.1) is 6.04 Å². The van der Waals surface area contributed by atoms with Gasteiger partial charge in [0.1, 0.15) is 5.60 Å². The van der Waals surface area contributed by atoms with Crippen molar-refractivity contribution in [2.24, 2.45) is 10.4 Å². The second kappa shape index (κ2) is 6.95. The molecule has 1 aromatic rings. The van der Waals surface area contributed by atoms with Crippen LogP contribution in [-0.2, 0) is 4.84 Å². The third kappa shape index (κ3) is 4.07. The summed E-state index contributed by atoms with van der Waals surface area (Å²) in [4.78, 5) is 12.1. The predicted molar refractivity (Wildman–Crippen MR) is 119 cm³/mol. The molecule has 3 nitrogen and oxygen atoms in total. The molecular formula is C25H40N2O. The third-order valence-corrected chi connectivity index (χ3v) is 6.76. The van der Waals surface area contributed by atoms with Crippen LogP contribution < -0.4 is 0 Å². The average molecular weight is 385 g/mol. The molecule has 1 atom stereocenters. The molecule has 3 heteroatoms. The first-order chi connectivity index (χ1) is 12.7. The topological polar surface area (TPSA) is 24.8 Å². The zero-order chi connectivity index (χ0) is 21.0. The fourth-order valence-electron chi connectivity index (χ4n) is 5.05. The van der Waals surface area contributed by atoms with Crippen molar-refractivity contribution < 1.29 is 4.84 Å². The second-order valence-electron chi connectivity index (χ2n) is 11.4. The van der Waals surface area contributed by atoms with Gasteiger partial charge in [-0.15, -0.1) is 0 Å². The molecular weight excluding hydrogens is 344 g/mol. The number of aliphatic imine (C=N–C) groups is 1. The lowest BCUT2D eigenvalue weighted by Gasteiger charge is -2.54. The van der Waals surface area contributed by atoms with E-state index in [0.717, 1.165) is 6.42 Å². The molecule has 0 radical (unpaired) electrons. The first-order valence-corrected chi connectivity index (χ1v) is 10.9. The Balaban J connectivity index is 1.88. The summed E-state index contributed by atoms with van der Waals surface area (Å²) in [7, 11) is 0. The van der Waals surface area contributed by atoms with Gasteiger partial charge < -0.3 is 0 Å². The number of benzene rings is 1. The molecule has 3 rings (SSSR count). The van der Waals surface area contributed by atoms with Gasteiger partial charge in [0.2, 0.25) is 0 Å². The minimum absolute atomic E-state index is 0.0383. The smallest absolute Gasteiger partial charge is 0.107 e. The number of piperidine rings is 1. The van der Waals surface area contributed by atoms with E-state index in [0.29, 0.717) is 0 Å². The van der Waals surface area contributed by atoms with Crippen LogP contribution in [0.2, 0.25) is 0 Å². The van der Waals surface area contributed by atoms with Crippen LogP contribution in [0.15, 0.2) is 29.3 Å². The molecule has 0 amide bonds. The molecule has 0 bridgehead atoms. The van der Waals surface area contributed by atoms with Gasteiger partial charge >= 0.3 is 0 Å². The highest BCUT2D eigenvalue weighted by atomic mass is 16.7. The summed E-state index contributed by atoms with van der Waals surface area (Å²) in [6.45, 7) is 20.4. The van der Waals surface area contributed by atoms with Crippen molar-refractivity contribution in [3.8, 4) is 0 Å². The van der Waals surface area contributed by atoms with Gasteiger partial charge in [-0.3, -0.25) is 9.83 Å². The van der Waals surface area contributed by atoms with E-state index in [2.05, 4.69) is 91.6 Å². The third-order valence-electron chi connectivity index (χ3n) is 6.76. The summed E-state index contributed by atoms with van der Waals surface area (Å²) in [5.74, 6) is 0. The van der Waals surface area contributed by atoms with E-state index in [9.17, 15) is 0 Å². The summed E-state index contributed by atoms with van der Waals surface area (Å²) in [6, 6.07) is 8.93. The maximum Gasteiger partial charge on any atom is 0.107 e. The van der Waals surface area contributed by atoms with Crippen LogP contribution in [0.4, 0.5) is 0 Å². The Kier molecular flexibility index (Phi) is 5.34. The minimum Gasteiger partial charge on any atom is -0.290 e. The van der Waals surface area contributed by atoms with Crippen molar-refractivity contribution >= 4 is 5.71 Å². The number of aryl methyl sites for hydroxylation is 1. The maximum absolute atomic E-state index is 6.82. The Morgan fingerprint density at radius 3 is 2.04 bits per heavy atom. The maximum atomic E-state index is 6.82. The Morgan fingerprint density at radius 1 is 0.964 bits per heavy atom. The van der Waals surface area contributed by atoms with Crippen molar-refractivity contribution in [2.75, 3.05) is 0 Å². The summed E-state index contributed by atoms with van der Waals surface area (Å²) in [5, 5.41) is 2.29. The molecule has 0 saturated carbocycles. The SMILES string of the molecule is Cc1ccc(C2=NC(C(C)(C)ON3C(C)(C)CCCC3(C)C)CC2(C)C)cc1. The molecule has 156 valence electrons. The van der Waals surface area contributed by atoms with Gasteiger partial charge in [0, 0.05) is 22.2 Å². The monoisotopic (exact) mass is 384 g/mol. The molecule has 0 aliphatic carbocycles. The molecule has 0 N–H and O–H groups in total. The van der Waals surface area contributed by atoms with Crippen LogP contribution in [0.5, 0.6) is 0 Å². The van der Waals surface area contributed by atoms with Crippen molar-refractivity contribution in [3.63, 3.8) is 0 Å². The quantitative estimate of drug-likeness (QED) is 0.605. The number of rotatable bonds is 4. The van der Waals surface area contributed by atoms with E-state index in [4.69, 9.17) is 9.83 Å². The normalized spacial score (nSPS) is 26.9. The number of nitrogens with zero attached hydrogens (tertiary/aromatic N) is 2. The van der Waals surface area contributed by atoms with Crippen molar-refractivity contribution in [1.82, 2.24) is 5.06 Å². The molecule has 0 aromatic heterocycles. The summed E-state index contributed by atoms with van der Waals surface area (Å²) in [5.41, 5.74) is 3.52. The van der Waals surface area contributed by atoms with Gasteiger partial charge in [0.25, 0.3) is 0 Å². The van der Waals surface area contributed by atoms with Gasteiger partial charge in [-0.1, -0.05) is 43.7 Å². The number of hydrogen-bond acceptors (Lipinski definition) is 3. The molecule has 1 saturated heterocycles. The molecule has 1 fully saturated rings. The van der Waals surface area contributed by atoms with E-state index in [-0.39, 0.29) is 28.1 Å². The van der Waals surface area contributed by atoms with E-state index in [1.807, 2.05) is 0 Å². The fourth-order valence-corrected chi connectivity index (χ4v) is 5.05. The summed E-state index contributed by atoms with van der Waals surface area (Å²) in [6.07, 6.45) is 4.60. The van der Waals surface area contributed by atoms with Gasteiger partial charge in [-0.2, -0.15) is 5.06 Å². The van der Waals surface area contributed by atoms with Crippen LogP contribution in [0.1, 0.15) is 92.2 Å². The Morgan fingerprint density at radius 2 is 1.50 bits per heavy atom. The molecule has 2 heterocycles. The Labute approximate surface area is 172 Å². The first-order valence-electron chi connectivity index (χ1n) is 10.9. The van der Waals surface area contributed by atoms with Gasteiger partial charge in [-0.05, 0) is 79.7 Å². The van der Waals surface area contributed by atoms with Crippen molar-refractivity contribution in [1.29, 1.82) is 0 Å². The molecule has 2 aliphatic rings. The zero-order valence-corrected chi connectivity index (χ0v) is 19.5. The van der Waals surface area contributed by atoms with E-state index in [1.54, 1.807) is 0 Å². The number of hydroxylamine groups is 2. The molecule has 1 unspecified atom stereocenters. The largest absolute Gasteiger partial charge is 0.290 e. The molecule has 2 aliphatic heterocycles. The van der Waals surface area contributed by atoms with Crippen LogP contribution in [0, 0.1) is 12.3 Å². The van der Waals surface area contributed by atoms with Crippen LogP contribution in [-0.4, -0.2) is 33.5 Å². The van der Waals surface area contributed by atoms with Gasteiger partial charge in [-0.25, -0.2) is 0 Å². The Hall–Kier alpha value is -1.19. The lowest BCUT2D eigenvalue weighted by Crippen LogP contribution is -2.61. The first kappa shape index (κ1) is 21.5. The van der Waals surface area contributed by atoms with Gasteiger partial charge in [0.15, 0.2) is 0 Å². The van der Waals surface area contributed by atoms with Crippen molar-refractivity contribution in [3.05, 3.63) is 35.4 Å². The molecule has 0 spiro atoms. The van der Waals surface area contributed by atoms with Crippen LogP contribution in [0.3, 0.4) is 0 Å². The zero-order valence-electron chi connectivity index (χ0n) is 19.5. The number of hydrogen-bond donors (Lipinski definition) is 0. The molecule has 28 heavy (non-hydrogen) atoms. The average Bonchev–Trinajstić information content (AvgIpc) is 2.88. The Bertz CT molecular complexity index is 724. The lowest BCUT2D eigenvalue weighted by atomic mass is 9.79. The van der Waals surface area contributed by atoms with Crippen LogP contribution >= 0.6 is 0 Å². The predicted octanol–water partition coefficient (Wildman–Crippen LogP) is 6.34. The highest BCUT2D eigenvalue weighted by Crippen LogP contribution is 2.44. The highest BCUT2D eigenvalue weighted by molar-refractivity contribution is 6.05. The second-order valence-corrected chi connectivity index (χ2v) is 11.4. The standard InChI is InChI=1S/C25H40N2O/c1-18-11-13-19(14-12-18)21-22(2,3)17-20(26-21)25(8,9)28-27-23(4,5)15-10-16-24(27,6)7/h11-14,20H,10,15-17H2,1-9H3. The summed E-state index contributed by atoms with van der Waals surface area (Å²) >= 11 is 0. The van der Waals surface area contributed by atoms with E-state index < -0.39 is 0 Å². The fraction of sp³-hybridized carbons (Fsp3) is 0.720. The lowest BCUT2D eigenvalue weighted by molar-refractivity contribution is -0.332. The van der Waals surface area contributed by atoms with Crippen LogP contribution in [0.25, 0.3) is 0 Å². The minimum atomic E-state index is -0.352. The molecule has 1 aromatic carbocycles. The van der Waals surface area contributed by atoms with Crippen molar-refractivity contribution in [2.45, 2.75) is 111 Å². The highest BCUT2D eigenvalue weighted by Gasteiger charge is 2.49. The van der Waals surface area contributed by atoms with E-state index in [1.165, 1.54) is 36.1 Å². The summed E-state index contributed by atoms with van der Waals surface area (Å²) < 4.78 is 0. The van der Waals surface area contributed by atoms with E-state index >= 15 is 0 Å².